The van der Waals surface area contributed by atoms with Gasteiger partial charge in [-0.15, -0.1) is 0 Å². The van der Waals surface area contributed by atoms with Crippen molar-refractivity contribution in [2.75, 3.05) is 13.3 Å². The van der Waals surface area contributed by atoms with Crippen molar-refractivity contribution in [2.45, 2.75) is 39.7 Å². The van der Waals surface area contributed by atoms with Crippen LogP contribution >= 0.6 is 0 Å². The first-order valence-electron chi connectivity index (χ1n) is 6.23. The number of unbranched alkanes of at least 4 members (excludes halogenated alkanes) is 1. The highest BCUT2D eigenvalue weighted by molar-refractivity contribution is 5.23. The third kappa shape index (κ3) is 5.29. The van der Waals surface area contributed by atoms with Gasteiger partial charge in [-0.05, 0) is 24.0 Å². The van der Waals surface area contributed by atoms with Crippen molar-refractivity contribution in [3.8, 4) is 0 Å². The minimum absolute atomic E-state index is 0.649. The highest BCUT2D eigenvalue weighted by atomic mass is 16.5. The smallest absolute Gasteiger partial charge is 0.0967 e. The van der Waals surface area contributed by atoms with E-state index in [0.29, 0.717) is 6.73 Å². The molecule has 0 spiro atoms. The maximum atomic E-state index is 5.44. The first kappa shape index (κ1) is 13.2. The number of hydrogen-bond donors (Lipinski definition) is 1. The van der Waals surface area contributed by atoms with E-state index >= 15 is 0 Å². The second kappa shape index (κ2) is 8.31. The molecule has 0 aliphatic carbocycles. The molecule has 1 aromatic carbocycles. The van der Waals surface area contributed by atoms with E-state index < -0.39 is 0 Å². The molecule has 0 saturated heterocycles. The third-order valence-electron chi connectivity index (χ3n) is 2.58. The molecule has 16 heavy (non-hydrogen) atoms. The number of aryl methyl sites for hydroxylation is 1. The van der Waals surface area contributed by atoms with Crippen molar-refractivity contribution in [1.29, 1.82) is 0 Å². The Labute approximate surface area is 99.0 Å². The molecule has 1 rings (SSSR count). The molecule has 0 aromatic heterocycles. The van der Waals surface area contributed by atoms with Crippen LogP contribution < -0.4 is 5.32 Å². The minimum atomic E-state index is 0.649. The molecule has 2 nitrogen and oxygen atoms in total. The Morgan fingerprint density at radius 2 is 2.00 bits per heavy atom. The molecule has 1 N–H and O–H groups in total. The number of nitrogens with one attached hydrogen (secondary N) is 1. The van der Waals surface area contributed by atoms with Crippen molar-refractivity contribution in [2.24, 2.45) is 0 Å². The van der Waals surface area contributed by atoms with Crippen molar-refractivity contribution in [1.82, 2.24) is 5.32 Å². The normalized spacial score (nSPS) is 10.6. The standard InChI is InChI=1S/C14H23NO/c1-3-5-9-16-12-15-11-14-8-6-7-13(4-2)10-14/h6-8,10,15H,3-5,9,11-12H2,1-2H3. The van der Waals surface area contributed by atoms with Crippen LogP contribution in [0.15, 0.2) is 24.3 Å². The van der Waals surface area contributed by atoms with Crippen molar-refractivity contribution in [3.63, 3.8) is 0 Å². The van der Waals surface area contributed by atoms with E-state index in [1.807, 2.05) is 0 Å². The number of hydrogen-bond acceptors (Lipinski definition) is 2. The molecule has 2 heteroatoms. The van der Waals surface area contributed by atoms with Gasteiger partial charge in [0.1, 0.15) is 0 Å². The van der Waals surface area contributed by atoms with E-state index in [0.717, 1.165) is 26.0 Å². The number of rotatable bonds is 8. The lowest BCUT2D eigenvalue weighted by Gasteiger charge is -2.07. The molecule has 0 atom stereocenters. The van der Waals surface area contributed by atoms with Crippen molar-refractivity contribution < 1.29 is 4.74 Å². The lowest BCUT2D eigenvalue weighted by Crippen LogP contribution is -2.17. The highest BCUT2D eigenvalue weighted by Crippen LogP contribution is 2.05. The van der Waals surface area contributed by atoms with Crippen LogP contribution in [0, 0.1) is 0 Å². The Bertz CT molecular complexity index is 286. The largest absolute Gasteiger partial charge is 0.366 e. The molecule has 0 bridgehead atoms. The summed E-state index contributed by atoms with van der Waals surface area (Å²) in [6.45, 7) is 6.75. The van der Waals surface area contributed by atoms with E-state index in [-0.39, 0.29) is 0 Å². The van der Waals surface area contributed by atoms with Gasteiger partial charge in [0.05, 0.1) is 6.73 Å². The van der Waals surface area contributed by atoms with Crippen molar-refractivity contribution in [3.05, 3.63) is 35.4 Å². The quantitative estimate of drug-likeness (QED) is 0.538. The van der Waals surface area contributed by atoms with E-state index in [1.165, 1.54) is 17.5 Å². The van der Waals surface area contributed by atoms with Gasteiger partial charge < -0.3 is 4.74 Å². The Hall–Kier alpha value is -0.860. The van der Waals surface area contributed by atoms with Gasteiger partial charge in [0, 0.05) is 13.2 Å². The SMILES string of the molecule is CCCCOCNCc1cccc(CC)c1. The fourth-order valence-electron chi connectivity index (χ4n) is 1.55. The predicted molar refractivity (Wildman–Crippen MR) is 68.4 cm³/mol. The summed E-state index contributed by atoms with van der Waals surface area (Å²) < 4.78 is 5.44. The zero-order valence-electron chi connectivity index (χ0n) is 10.5. The number of ether oxygens (including phenoxy) is 1. The zero-order valence-corrected chi connectivity index (χ0v) is 10.5. The van der Waals surface area contributed by atoms with Crippen molar-refractivity contribution >= 4 is 0 Å². The molecule has 0 amide bonds. The van der Waals surface area contributed by atoms with Crippen LogP contribution in [0.2, 0.25) is 0 Å². The van der Waals surface area contributed by atoms with E-state index in [4.69, 9.17) is 4.74 Å². The zero-order chi connectivity index (χ0) is 11.6. The first-order valence-corrected chi connectivity index (χ1v) is 6.23. The molecule has 0 radical (unpaired) electrons. The molecular formula is C14H23NO. The molecule has 0 fully saturated rings. The van der Waals surface area contributed by atoms with Crippen LogP contribution in [0.3, 0.4) is 0 Å². The molecule has 0 aliphatic heterocycles. The summed E-state index contributed by atoms with van der Waals surface area (Å²) in [6, 6.07) is 8.69. The number of benzene rings is 1. The van der Waals surface area contributed by atoms with Gasteiger partial charge in [-0.25, -0.2) is 0 Å². The highest BCUT2D eigenvalue weighted by Gasteiger charge is 1.94. The van der Waals surface area contributed by atoms with Crippen LogP contribution in [-0.2, 0) is 17.7 Å². The van der Waals surface area contributed by atoms with Gasteiger partial charge in [-0.3, -0.25) is 5.32 Å². The van der Waals surface area contributed by atoms with E-state index in [2.05, 4.69) is 43.4 Å². The van der Waals surface area contributed by atoms with Gasteiger partial charge in [-0.2, -0.15) is 0 Å². The van der Waals surface area contributed by atoms with Crippen LogP contribution in [-0.4, -0.2) is 13.3 Å². The van der Waals surface area contributed by atoms with E-state index in [9.17, 15) is 0 Å². The molecule has 90 valence electrons. The van der Waals surface area contributed by atoms with Crippen LogP contribution in [0.4, 0.5) is 0 Å². The maximum Gasteiger partial charge on any atom is 0.0967 e. The van der Waals surface area contributed by atoms with Crippen LogP contribution in [0.25, 0.3) is 0 Å². The molecule has 0 heterocycles. The molecule has 0 unspecified atom stereocenters. The molecule has 0 saturated carbocycles. The van der Waals surface area contributed by atoms with Crippen LogP contribution in [0.5, 0.6) is 0 Å². The fourth-order valence-corrected chi connectivity index (χ4v) is 1.55. The lowest BCUT2D eigenvalue weighted by molar-refractivity contribution is 0.113. The van der Waals surface area contributed by atoms with Crippen LogP contribution in [0.1, 0.15) is 37.8 Å². The van der Waals surface area contributed by atoms with Gasteiger partial charge in [0.2, 0.25) is 0 Å². The second-order valence-electron chi connectivity index (χ2n) is 4.01. The summed E-state index contributed by atoms with van der Waals surface area (Å²) >= 11 is 0. The summed E-state index contributed by atoms with van der Waals surface area (Å²) in [5.74, 6) is 0. The minimum Gasteiger partial charge on any atom is -0.366 e. The van der Waals surface area contributed by atoms with Gasteiger partial charge in [-0.1, -0.05) is 44.5 Å². The summed E-state index contributed by atoms with van der Waals surface area (Å²) in [5.41, 5.74) is 2.73. The average molecular weight is 221 g/mol. The molecule has 1 aromatic rings. The summed E-state index contributed by atoms with van der Waals surface area (Å²) in [6.07, 6.45) is 3.44. The lowest BCUT2D eigenvalue weighted by atomic mass is 10.1. The first-order chi connectivity index (χ1) is 7.86. The van der Waals surface area contributed by atoms with E-state index in [1.54, 1.807) is 0 Å². The summed E-state index contributed by atoms with van der Waals surface area (Å²) in [5, 5.41) is 3.29. The van der Waals surface area contributed by atoms with Gasteiger partial charge >= 0.3 is 0 Å². The molecule has 0 aliphatic rings. The monoisotopic (exact) mass is 221 g/mol. The fraction of sp³-hybridized carbons (Fsp3) is 0.571. The Morgan fingerprint density at radius 1 is 1.19 bits per heavy atom. The topological polar surface area (TPSA) is 21.3 Å². The predicted octanol–water partition coefficient (Wildman–Crippen LogP) is 3.11. The molecular weight excluding hydrogens is 198 g/mol. The second-order valence-corrected chi connectivity index (χ2v) is 4.01. The van der Waals surface area contributed by atoms with Gasteiger partial charge in [0.15, 0.2) is 0 Å². The maximum absolute atomic E-state index is 5.44. The Balaban J connectivity index is 2.16. The third-order valence-corrected chi connectivity index (χ3v) is 2.58. The summed E-state index contributed by atoms with van der Waals surface area (Å²) in [4.78, 5) is 0. The summed E-state index contributed by atoms with van der Waals surface area (Å²) in [7, 11) is 0. The average Bonchev–Trinajstić information content (AvgIpc) is 2.34. The Morgan fingerprint density at radius 3 is 2.75 bits per heavy atom. The Kier molecular flexibility index (Phi) is 6.86. The van der Waals surface area contributed by atoms with Gasteiger partial charge in [0.25, 0.3) is 0 Å².